The van der Waals surface area contributed by atoms with E-state index in [0.717, 1.165) is 23.3 Å². The van der Waals surface area contributed by atoms with Crippen LogP contribution in [0.5, 0.6) is 0 Å². The number of hydrogen-bond acceptors (Lipinski definition) is 1. The topological polar surface area (TPSA) is 44.9 Å². The standard InChI is InChI=1S/C18H13F3N2O/c1-9-2-4-15-13(6-9)17-12(8-16(24)22-15)11-7-10(18(19,20)21)3-5-14(11)23-17/h2-7,23H,8H2,1H3,(H,22,24). The summed E-state index contributed by atoms with van der Waals surface area (Å²) in [5.74, 6) is -0.239. The molecule has 1 amide bonds. The fourth-order valence-corrected chi connectivity index (χ4v) is 3.17. The first-order valence-corrected chi connectivity index (χ1v) is 7.45. The van der Waals surface area contributed by atoms with Gasteiger partial charge in [-0.2, -0.15) is 13.2 Å². The summed E-state index contributed by atoms with van der Waals surface area (Å²) in [7, 11) is 0. The molecule has 24 heavy (non-hydrogen) atoms. The number of aromatic amines is 1. The van der Waals surface area contributed by atoms with Gasteiger partial charge in [0.25, 0.3) is 0 Å². The molecule has 0 saturated heterocycles. The zero-order chi connectivity index (χ0) is 17.1. The number of anilines is 1. The zero-order valence-electron chi connectivity index (χ0n) is 12.7. The summed E-state index contributed by atoms with van der Waals surface area (Å²) in [6.45, 7) is 1.93. The van der Waals surface area contributed by atoms with Crippen molar-refractivity contribution in [3.8, 4) is 11.3 Å². The lowest BCUT2D eigenvalue weighted by molar-refractivity contribution is -0.137. The lowest BCUT2D eigenvalue weighted by atomic mass is 10.0. The highest BCUT2D eigenvalue weighted by Crippen LogP contribution is 2.39. The molecule has 0 radical (unpaired) electrons. The van der Waals surface area contributed by atoms with Crippen molar-refractivity contribution < 1.29 is 18.0 Å². The number of halogens is 3. The number of aryl methyl sites for hydroxylation is 1. The van der Waals surface area contributed by atoms with Crippen molar-refractivity contribution in [1.29, 1.82) is 0 Å². The van der Waals surface area contributed by atoms with Crippen molar-refractivity contribution in [2.24, 2.45) is 0 Å². The van der Waals surface area contributed by atoms with E-state index < -0.39 is 11.7 Å². The Morgan fingerprint density at radius 3 is 2.62 bits per heavy atom. The monoisotopic (exact) mass is 330 g/mol. The summed E-state index contributed by atoms with van der Waals surface area (Å²) < 4.78 is 39.0. The molecule has 1 aliphatic rings. The third kappa shape index (κ3) is 2.26. The number of benzene rings is 2. The summed E-state index contributed by atoms with van der Waals surface area (Å²) in [5.41, 5.74) is 3.62. The van der Waals surface area contributed by atoms with Crippen LogP contribution in [0.1, 0.15) is 16.7 Å². The molecule has 1 aliphatic heterocycles. The molecule has 2 N–H and O–H groups in total. The van der Waals surface area contributed by atoms with Crippen LogP contribution in [0.4, 0.5) is 18.9 Å². The van der Waals surface area contributed by atoms with Crippen LogP contribution in [0.2, 0.25) is 0 Å². The smallest absolute Gasteiger partial charge is 0.354 e. The SMILES string of the molecule is Cc1ccc2c(c1)-c1[nH]c3ccc(C(F)(F)F)cc3c1CC(=O)N2. The average Bonchev–Trinajstić information content (AvgIpc) is 2.79. The number of amides is 1. The molecule has 0 bridgehead atoms. The van der Waals surface area contributed by atoms with Gasteiger partial charge in [0.15, 0.2) is 0 Å². The minimum atomic E-state index is -4.42. The largest absolute Gasteiger partial charge is 0.416 e. The zero-order valence-corrected chi connectivity index (χ0v) is 12.7. The highest BCUT2D eigenvalue weighted by Gasteiger charge is 2.31. The van der Waals surface area contributed by atoms with E-state index in [-0.39, 0.29) is 12.3 Å². The molecule has 122 valence electrons. The van der Waals surface area contributed by atoms with Crippen LogP contribution in [0, 0.1) is 6.92 Å². The van der Waals surface area contributed by atoms with Crippen molar-refractivity contribution in [3.63, 3.8) is 0 Å². The summed E-state index contributed by atoms with van der Waals surface area (Å²) in [6, 6.07) is 9.19. The lowest BCUT2D eigenvalue weighted by Crippen LogP contribution is -2.12. The lowest BCUT2D eigenvalue weighted by Gasteiger charge is -2.07. The van der Waals surface area contributed by atoms with Crippen LogP contribution in [0.3, 0.4) is 0 Å². The van der Waals surface area contributed by atoms with Gasteiger partial charge < -0.3 is 10.3 Å². The summed E-state index contributed by atoms with van der Waals surface area (Å²) in [4.78, 5) is 15.3. The van der Waals surface area contributed by atoms with Gasteiger partial charge in [-0.15, -0.1) is 0 Å². The second-order valence-electron chi connectivity index (χ2n) is 6.01. The first kappa shape index (κ1) is 14.8. The predicted molar refractivity (Wildman–Crippen MR) is 85.8 cm³/mol. The molecule has 0 atom stereocenters. The van der Waals surface area contributed by atoms with Gasteiger partial charge in [0.05, 0.1) is 23.4 Å². The van der Waals surface area contributed by atoms with Gasteiger partial charge in [-0.1, -0.05) is 11.6 Å². The molecule has 6 heteroatoms. The Morgan fingerprint density at radius 1 is 1.08 bits per heavy atom. The second-order valence-corrected chi connectivity index (χ2v) is 6.01. The molecular formula is C18H13F3N2O. The Balaban J connectivity index is 2.03. The van der Waals surface area contributed by atoms with Gasteiger partial charge in [-0.05, 0) is 42.8 Å². The maximum atomic E-state index is 13.0. The molecule has 0 fully saturated rings. The molecule has 0 aliphatic carbocycles. The summed E-state index contributed by atoms with van der Waals surface area (Å²) >= 11 is 0. The third-order valence-electron chi connectivity index (χ3n) is 4.29. The quantitative estimate of drug-likeness (QED) is 0.619. The third-order valence-corrected chi connectivity index (χ3v) is 4.29. The van der Waals surface area contributed by atoms with E-state index in [4.69, 9.17) is 0 Å². The first-order valence-electron chi connectivity index (χ1n) is 7.45. The first-order chi connectivity index (χ1) is 11.3. The van der Waals surface area contributed by atoms with E-state index in [9.17, 15) is 18.0 Å². The maximum Gasteiger partial charge on any atom is 0.416 e. The highest BCUT2D eigenvalue weighted by atomic mass is 19.4. The van der Waals surface area contributed by atoms with Gasteiger partial charge in [-0.25, -0.2) is 0 Å². The number of aromatic nitrogens is 1. The van der Waals surface area contributed by atoms with E-state index in [1.165, 1.54) is 6.07 Å². The van der Waals surface area contributed by atoms with E-state index >= 15 is 0 Å². The average molecular weight is 330 g/mol. The number of alkyl halides is 3. The van der Waals surface area contributed by atoms with Gasteiger partial charge in [0.2, 0.25) is 5.91 Å². The molecule has 0 spiro atoms. The molecule has 2 aromatic carbocycles. The summed E-state index contributed by atoms with van der Waals surface area (Å²) in [5, 5.41) is 3.25. The van der Waals surface area contributed by atoms with Gasteiger partial charge in [0.1, 0.15) is 0 Å². The van der Waals surface area contributed by atoms with E-state index in [0.29, 0.717) is 27.8 Å². The van der Waals surface area contributed by atoms with Gasteiger partial charge in [-0.3, -0.25) is 4.79 Å². The van der Waals surface area contributed by atoms with Crippen LogP contribution in [-0.4, -0.2) is 10.9 Å². The van der Waals surface area contributed by atoms with Gasteiger partial charge in [0, 0.05) is 16.5 Å². The highest BCUT2D eigenvalue weighted by molar-refractivity contribution is 6.05. The van der Waals surface area contributed by atoms with Crippen LogP contribution < -0.4 is 5.32 Å². The van der Waals surface area contributed by atoms with Crippen molar-refractivity contribution >= 4 is 22.5 Å². The molecule has 1 aromatic heterocycles. The van der Waals surface area contributed by atoms with Crippen molar-refractivity contribution in [3.05, 3.63) is 53.1 Å². The van der Waals surface area contributed by atoms with Crippen LogP contribution in [0.15, 0.2) is 36.4 Å². The molecular weight excluding hydrogens is 317 g/mol. The number of rotatable bonds is 0. The minimum absolute atomic E-state index is 0.0321. The fourth-order valence-electron chi connectivity index (χ4n) is 3.17. The molecule has 3 aromatic rings. The summed E-state index contributed by atoms with van der Waals surface area (Å²) in [6.07, 6.45) is -4.38. The number of carbonyl (C=O) groups is 1. The number of nitrogens with one attached hydrogen (secondary N) is 2. The maximum absolute atomic E-state index is 13.0. The minimum Gasteiger partial charge on any atom is -0.354 e. The molecule has 0 saturated carbocycles. The molecule has 2 heterocycles. The van der Waals surface area contributed by atoms with E-state index in [2.05, 4.69) is 10.3 Å². The van der Waals surface area contributed by atoms with Crippen LogP contribution in [0.25, 0.3) is 22.2 Å². The Kier molecular flexibility index (Phi) is 3.00. The molecule has 3 nitrogen and oxygen atoms in total. The number of H-pyrrole nitrogens is 1. The molecule has 0 unspecified atom stereocenters. The van der Waals surface area contributed by atoms with Crippen LogP contribution in [-0.2, 0) is 17.4 Å². The van der Waals surface area contributed by atoms with Crippen molar-refractivity contribution in [2.45, 2.75) is 19.5 Å². The normalized spacial score (nSPS) is 14.1. The Labute approximate surface area is 135 Å². The predicted octanol–water partition coefficient (Wildman–Crippen LogP) is 4.66. The Hall–Kier alpha value is -2.76. The van der Waals surface area contributed by atoms with Crippen LogP contribution >= 0.6 is 0 Å². The molecule has 4 rings (SSSR count). The Bertz CT molecular complexity index is 986. The fraction of sp³-hybridized carbons (Fsp3) is 0.167. The second kappa shape index (κ2) is 4.87. The van der Waals surface area contributed by atoms with E-state index in [1.807, 2.05) is 25.1 Å². The van der Waals surface area contributed by atoms with Gasteiger partial charge >= 0.3 is 6.18 Å². The number of carbonyl (C=O) groups excluding carboxylic acids is 1. The van der Waals surface area contributed by atoms with E-state index in [1.54, 1.807) is 0 Å². The number of fused-ring (bicyclic) bond motifs is 5. The Morgan fingerprint density at radius 2 is 1.88 bits per heavy atom. The van der Waals surface area contributed by atoms with Crippen molar-refractivity contribution in [2.75, 3.05) is 5.32 Å². The number of hydrogen-bond donors (Lipinski definition) is 2. The van der Waals surface area contributed by atoms with Crippen molar-refractivity contribution in [1.82, 2.24) is 4.98 Å².